The van der Waals surface area contributed by atoms with Crippen LogP contribution < -0.4 is 5.56 Å². The lowest BCUT2D eigenvalue weighted by molar-refractivity contribution is 0.372. The third-order valence-electron chi connectivity index (χ3n) is 4.00. The first kappa shape index (κ1) is 15.5. The van der Waals surface area contributed by atoms with Gasteiger partial charge in [-0.3, -0.25) is 9.89 Å². The number of aromatic amines is 1. The van der Waals surface area contributed by atoms with E-state index in [1.807, 2.05) is 20.8 Å². The van der Waals surface area contributed by atoms with E-state index in [2.05, 4.69) is 21.3 Å². The van der Waals surface area contributed by atoms with Gasteiger partial charge in [0.2, 0.25) is 5.89 Å². The summed E-state index contributed by atoms with van der Waals surface area (Å²) in [7, 11) is 0. The molecule has 1 fully saturated rings. The fourth-order valence-electron chi connectivity index (χ4n) is 2.64. The van der Waals surface area contributed by atoms with Gasteiger partial charge in [-0.15, -0.1) is 0 Å². The SMILES string of the molecule is CC(C)(C)c1[nH]n(Cc2noc(C3CC3)n2)c(=O)c1CCC#N. The van der Waals surface area contributed by atoms with Crippen LogP contribution in [-0.4, -0.2) is 19.9 Å². The Balaban J connectivity index is 1.90. The Morgan fingerprint density at radius 3 is 2.78 bits per heavy atom. The Morgan fingerprint density at radius 2 is 2.17 bits per heavy atom. The lowest BCUT2D eigenvalue weighted by Crippen LogP contribution is -2.20. The van der Waals surface area contributed by atoms with E-state index in [0.717, 1.165) is 18.5 Å². The summed E-state index contributed by atoms with van der Waals surface area (Å²) in [5.41, 5.74) is 1.22. The highest BCUT2D eigenvalue weighted by Gasteiger charge is 2.30. The summed E-state index contributed by atoms with van der Waals surface area (Å²) in [5.74, 6) is 1.57. The van der Waals surface area contributed by atoms with Crippen molar-refractivity contribution in [3.05, 3.63) is 33.3 Å². The summed E-state index contributed by atoms with van der Waals surface area (Å²) in [4.78, 5) is 17.0. The standard InChI is InChI=1S/C16H21N5O2/c1-16(2,3)13-11(5-4-8-17)15(22)21(19-13)9-12-18-14(23-20-12)10-6-7-10/h10,19H,4-7,9H2,1-3H3. The van der Waals surface area contributed by atoms with Crippen LogP contribution in [0.15, 0.2) is 9.32 Å². The average Bonchev–Trinajstić information content (AvgIpc) is 3.15. The van der Waals surface area contributed by atoms with Crippen LogP contribution in [0.4, 0.5) is 0 Å². The van der Waals surface area contributed by atoms with Gasteiger partial charge in [-0.25, -0.2) is 4.68 Å². The normalized spacial score (nSPS) is 14.9. The van der Waals surface area contributed by atoms with Crippen molar-refractivity contribution in [3.8, 4) is 6.07 Å². The van der Waals surface area contributed by atoms with Crippen molar-refractivity contribution in [2.24, 2.45) is 0 Å². The number of hydrogen-bond donors (Lipinski definition) is 1. The molecule has 7 nitrogen and oxygen atoms in total. The Hall–Kier alpha value is -2.36. The van der Waals surface area contributed by atoms with E-state index in [1.54, 1.807) is 0 Å². The zero-order chi connectivity index (χ0) is 16.6. The molecule has 1 aliphatic rings. The van der Waals surface area contributed by atoms with Crippen molar-refractivity contribution >= 4 is 0 Å². The highest BCUT2D eigenvalue weighted by molar-refractivity contribution is 5.25. The fraction of sp³-hybridized carbons (Fsp3) is 0.625. The second kappa shape index (κ2) is 5.69. The first-order valence-corrected chi connectivity index (χ1v) is 7.91. The maximum Gasteiger partial charge on any atom is 0.270 e. The van der Waals surface area contributed by atoms with Crippen molar-refractivity contribution in [3.63, 3.8) is 0 Å². The summed E-state index contributed by atoms with van der Waals surface area (Å²) >= 11 is 0. The highest BCUT2D eigenvalue weighted by Crippen LogP contribution is 2.38. The molecule has 3 rings (SSSR count). The largest absolute Gasteiger partial charge is 0.339 e. The average molecular weight is 315 g/mol. The Bertz CT molecular complexity index is 796. The molecule has 7 heteroatoms. The first-order chi connectivity index (χ1) is 10.9. The van der Waals surface area contributed by atoms with E-state index in [0.29, 0.717) is 36.0 Å². The third kappa shape index (κ3) is 3.21. The van der Waals surface area contributed by atoms with Crippen molar-refractivity contribution in [1.29, 1.82) is 5.26 Å². The summed E-state index contributed by atoms with van der Waals surface area (Å²) in [5, 5.41) is 15.9. The molecule has 0 radical (unpaired) electrons. The second-order valence-electron chi connectivity index (χ2n) is 7.09. The highest BCUT2D eigenvalue weighted by atomic mass is 16.5. The molecule has 1 N–H and O–H groups in total. The van der Waals surface area contributed by atoms with Gasteiger partial charge in [0.05, 0.1) is 6.07 Å². The van der Waals surface area contributed by atoms with Gasteiger partial charge in [0.1, 0.15) is 6.54 Å². The van der Waals surface area contributed by atoms with E-state index in [9.17, 15) is 4.79 Å². The number of aromatic nitrogens is 4. The molecule has 0 amide bonds. The molecule has 122 valence electrons. The van der Waals surface area contributed by atoms with Crippen LogP contribution in [-0.2, 0) is 18.4 Å². The lowest BCUT2D eigenvalue weighted by atomic mass is 9.88. The molecule has 0 aliphatic heterocycles. The molecule has 0 saturated heterocycles. The minimum Gasteiger partial charge on any atom is -0.339 e. The van der Waals surface area contributed by atoms with Crippen molar-refractivity contribution in [1.82, 2.24) is 19.9 Å². The molecule has 1 aliphatic carbocycles. The van der Waals surface area contributed by atoms with Gasteiger partial charge in [0.15, 0.2) is 5.82 Å². The fourth-order valence-corrected chi connectivity index (χ4v) is 2.64. The number of H-pyrrole nitrogens is 1. The molecule has 0 unspecified atom stereocenters. The number of nitriles is 1. The van der Waals surface area contributed by atoms with E-state index in [1.165, 1.54) is 4.68 Å². The summed E-state index contributed by atoms with van der Waals surface area (Å²) in [6.45, 7) is 6.37. The molecule has 0 aromatic carbocycles. The van der Waals surface area contributed by atoms with Gasteiger partial charge in [0, 0.05) is 29.0 Å². The van der Waals surface area contributed by atoms with E-state index < -0.39 is 0 Å². The van der Waals surface area contributed by atoms with E-state index in [4.69, 9.17) is 9.78 Å². The van der Waals surface area contributed by atoms with Crippen LogP contribution in [0, 0.1) is 11.3 Å². The molecule has 23 heavy (non-hydrogen) atoms. The monoisotopic (exact) mass is 315 g/mol. The molecular formula is C16H21N5O2. The molecule has 0 bridgehead atoms. The molecule has 1 saturated carbocycles. The van der Waals surface area contributed by atoms with Crippen LogP contribution >= 0.6 is 0 Å². The summed E-state index contributed by atoms with van der Waals surface area (Å²) in [6, 6.07) is 2.10. The maximum absolute atomic E-state index is 12.6. The lowest BCUT2D eigenvalue weighted by Gasteiger charge is -2.17. The minimum absolute atomic E-state index is 0.108. The number of hydrogen-bond acceptors (Lipinski definition) is 5. The smallest absolute Gasteiger partial charge is 0.270 e. The van der Waals surface area contributed by atoms with Gasteiger partial charge in [-0.1, -0.05) is 25.9 Å². The first-order valence-electron chi connectivity index (χ1n) is 7.91. The topological polar surface area (TPSA) is 100 Å². The number of nitrogens with one attached hydrogen (secondary N) is 1. The second-order valence-corrected chi connectivity index (χ2v) is 7.09. The van der Waals surface area contributed by atoms with Crippen molar-refractivity contribution in [2.45, 2.75) is 64.3 Å². The quantitative estimate of drug-likeness (QED) is 0.912. The maximum atomic E-state index is 12.6. The predicted molar refractivity (Wildman–Crippen MR) is 83.1 cm³/mol. The van der Waals surface area contributed by atoms with Crippen molar-refractivity contribution < 1.29 is 4.52 Å². The molecule has 0 atom stereocenters. The number of nitrogens with zero attached hydrogens (tertiary/aromatic N) is 4. The van der Waals surface area contributed by atoms with Gasteiger partial charge in [0.25, 0.3) is 5.56 Å². The Labute approximate surface area is 134 Å². The molecule has 0 spiro atoms. The van der Waals surface area contributed by atoms with Crippen LogP contribution in [0.25, 0.3) is 0 Å². The summed E-state index contributed by atoms with van der Waals surface area (Å²) in [6.07, 6.45) is 2.96. The van der Waals surface area contributed by atoms with Crippen LogP contribution in [0.2, 0.25) is 0 Å². The van der Waals surface area contributed by atoms with Crippen LogP contribution in [0.1, 0.15) is 68.9 Å². The van der Waals surface area contributed by atoms with Gasteiger partial charge < -0.3 is 4.52 Å². The third-order valence-corrected chi connectivity index (χ3v) is 4.00. The van der Waals surface area contributed by atoms with E-state index in [-0.39, 0.29) is 17.5 Å². The molecule has 2 aromatic rings. The Kier molecular flexibility index (Phi) is 3.84. The Morgan fingerprint density at radius 1 is 1.43 bits per heavy atom. The van der Waals surface area contributed by atoms with Gasteiger partial charge in [-0.05, 0) is 19.3 Å². The number of rotatable bonds is 5. The van der Waals surface area contributed by atoms with E-state index >= 15 is 0 Å². The van der Waals surface area contributed by atoms with Crippen molar-refractivity contribution in [2.75, 3.05) is 0 Å². The zero-order valence-corrected chi connectivity index (χ0v) is 13.7. The molecule has 2 heterocycles. The van der Waals surface area contributed by atoms with Gasteiger partial charge >= 0.3 is 0 Å². The van der Waals surface area contributed by atoms with Gasteiger partial charge in [-0.2, -0.15) is 10.2 Å². The van der Waals surface area contributed by atoms with Crippen LogP contribution in [0.5, 0.6) is 0 Å². The van der Waals surface area contributed by atoms with Crippen LogP contribution in [0.3, 0.4) is 0 Å². The molecule has 2 aromatic heterocycles. The predicted octanol–water partition coefficient (Wildman–Crippen LogP) is 2.24. The molecular weight excluding hydrogens is 294 g/mol. The summed E-state index contributed by atoms with van der Waals surface area (Å²) < 4.78 is 6.75. The zero-order valence-electron chi connectivity index (χ0n) is 13.7. The minimum atomic E-state index is -0.203.